The van der Waals surface area contributed by atoms with Gasteiger partial charge in [-0.3, -0.25) is 4.79 Å². The number of halogens is 2. The molecule has 0 radical (unpaired) electrons. The summed E-state index contributed by atoms with van der Waals surface area (Å²) in [5.74, 6) is 2.46. The predicted octanol–water partition coefficient (Wildman–Crippen LogP) is 5.46. The number of rotatable bonds is 4. The largest absolute Gasteiger partial charge is 0.456 e. The fourth-order valence-corrected chi connectivity index (χ4v) is 6.26. The van der Waals surface area contributed by atoms with E-state index < -0.39 is 5.60 Å². The van der Waals surface area contributed by atoms with Crippen LogP contribution >= 0.6 is 23.2 Å². The van der Waals surface area contributed by atoms with Crippen molar-refractivity contribution in [1.29, 1.82) is 0 Å². The highest BCUT2D eigenvalue weighted by Crippen LogP contribution is 2.55. The van der Waals surface area contributed by atoms with Crippen LogP contribution < -0.4 is 10.1 Å². The Labute approximate surface area is 180 Å². The Hall–Kier alpha value is -1.75. The fourth-order valence-electron chi connectivity index (χ4n) is 5.81. The number of amides is 1. The van der Waals surface area contributed by atoms with Gasteiger partial charge in [-0.1, -0.05) is 23.2 Å². The molecule has 2 unspecified atom stereocenters. The van der Waals surface area contributed by atoms with E-state index in [2.05, 4.69) is 5.32 Å². The van der Waals surface area contributed by atoms with Crippen LogP contribution in [0.15, 0.2) is 42.5 Å². The molecule has 4 aliphatic rings. The number of hydrogen-bond acceptors (Lipinski definition) is 3. The zero-order valence-electron chi connectivity index (χ0n) is 15.9. The molecule has 4 saturated carbocycles. The van der Waals surface area contributed by atoms with Gasteiger partial charge in [0.25, 0.3) is 5.91 Å². The molecule has 4 fully saturated rings. The number of aliphatic hydroxyl groups is 1. The van der Waals surface area contributed by atoms with Gasteiger partial charge < -0.3 is 15.2 Å². The Kier molecular flexibility index (Phi) is 4.77. The molecule has 29 heavy (non-hydrogen) atoms. The molecule has 2 atom stereocenters. The molecule has 0 heterocycles. The van der Waals surface area contributed by atoms with Crippen LogP contribution in [0.2, 0.25) is 10.0 Å². The summed E-state index contributed by atoms with van der Waals surface area (Å²) >= 11 is 12.1. The SMILES string of the molecule is O=C(NC1C2CC3CC1CC(O)(C3)C2)c1ccc(Oc2ccc(Cl)cc2Cl)cc1. The van der Waals surface area contributed by atoms with E-state index in [1.54, 1.807) is 42.5 Å². The van der Waals surface area contributed by atoms with Gasteiger partial charge in [-0.25, -0.2) is 0 Å². The third kappa shape index (κ3) is 3.74. The first kappa shape index (κ1) is 19.2. The monoisotopic (exact) mass is 431 g/mol. The van der Waals surface area contributed by atoms with Crippen LogP contribution in [0.1, 0.15) is 42.5 Å². The molecule has 0 aromatic heterocycles. The Morgan fingerprint density at radius 1 is 1.03 bits per heavy atom. The lowest BCUT2D eigenvalue weighted by Crippen LogP contribution is -2.61. The van der Waals surface area contributed by atoms with Gasteiger partial charge in [0.1, 0.15) is 11.5 Å². The third-order valence-corrected chi connectivity index (χ3v) is 7.31. The molecule has 152 valence electrons. The number of nitrogens with one attached hydrogen (secondary N) is 1. The van der Waals surface area contributed by atoms with Crippen LogP contribution in [-0.2, 0) is 0 Å². The number of carbonyl (C=O) groups is 1. The van der Waals surface area contributed by atoms with Crippen molar-refractivity contribution in [2.75, 3.05) is 0 Å². The lowest BCUT2D eigenvalue weighted by atomic mass is 9.52. The van der Waals surface area contributed by atoms with Crippen molar-refractivity contribution in [3.8, 4) is 11.5 Å². The average molecular weight is 432 g/mol. The molecule has 6 rings (SSSR count). The van der Waals surface area contributed by atoms with Crippen LogP contribution in [0.3, 0.4) is 0 Å². The van der Waals surface area contributed by atoms with Crippen LogP contribution in [0.25, 0.3) is 0 Å². The average Bonchev–Trinajstić information content (AvgIpc) is 2.66. The third-order valence-electron chi connectivity index (χ3n) is 6.78. The number of benzene rings is 2. The van der Waals surface area contributed by atoms with E-state index >= 15 is 0 Å². The zero-order valence-corrected chi connectivity index (χ0v) is 17.4. The van der Waals surface area contributed by atoms with Crippen molar-refractivity contribution >= 4 is 29.1 Å². The summed E-state index contributed by atoms with van der Waals surface area (Å²) in [4.78, 5) is 12.8. The maximum Gasteiger partial charge on any atom is 0.251 e. The summed E-state index contributed by atoms with van der Waals surface area (Å²) < 4.78 is 5.79. The molecule has 1 amide bonds. The highest BCUT2D eigenvalue weighted by molar-refractivity contribution is 6.35. The molecule has 2 N–H and O–H groups in total. The summed E-state index contributed by atoms with van der Waals surface area (Å²) in [7, 11) is 0. The Morgan fingerprint density at radius 2 is 1.72 bits per heavy atom. The maximum absolute atomic E-state index is 12.8. The summed E-state index contributed by atoms with van der Waals surface area (Å²) in [5, 5.41) is 14.9. The van der Waals surface area contributed by atoms with Crippen LogP contribution in [-0.4, -0.2) is 22.7 Å². The van der Waals surface area contributed by atoms with Gasteiger partial charge in [0.2, 0.25) is 0 Å². The second-order valence-corrected chi connectivity index (χ2v) is 9.74. The number of carbonyl (C=O) groups excluding carboxylic acids is 1. The molecule has 6 heteroatoms. The van der Waals surface area contributed by atoms with Crippen LogP contribution in [0.4, 0.5) is 0 Å². The minimum Gasteiger partial charge on any atom is -0.456 e. The molecule has 4 nitrogen and oxygen atoms in total. The van der Waals surface area contributed by atoms with Crippen molar-refractivity contribution < 1.29 is 14.6 Å². The van der Waals surface area contributed by atoms with E-state index in [1.807, 2.05) is 0 Å². The lowest BCUT2D eigenvalue weighted by Gasteiger charge is -2.58. The lowest BCUT2D eigenvalue weighted by molar-refractivity contribution is -0.136. The Morgan fingerprint density at radius 3 is 2.34 bits per heavy atom. The van der Waals surface area contributed by atoms with E-state index in [1.165, 1.54) is 0 Å². The molecular formula is C23H23Cl2NO3. The zero-order chi connectivity index (χ0) is 20.2. The Bertz CT molecular complexity index is 930. The van der Waals surface area contributed by atoms with E-state index in [4.69, 9.17) is 27.9 Å². The van der Waals surface area contributed by atoms with Gasteiger partial charge in [0.15, 0.2) is 0 Å². The Balaban J connectivity index is 1.25. The van der Waals surface area contributed by atoms with E-state index in [-0.39, 0.29) is 11.9 Å². The van der Waals surface area contributed by atoms with Crippen molar-refractivity contribution in [3.05, 3.63) is 58.1 Å². The van der Waals surface area contributed by atoms with Gasteiger partial charge in [-0.15, -0.1) is 0 Å². The predicted molar refractivity (Wildman–Crippen MR) is 113 cm³/mol. The molecule has 0 spiro atoms. The normalized spacial score (nSPS) is 32.2. The standard InChI is InChI=1S/C23H23Cl2NO3/c24-17-3-6-20(19(25)9-17)29-18-4-1-14(2-5-18)22(27)26-21-15-7-13-8-16(21)12-23(28,10-13)11-15/h1-6,9,13,15-16,21,28H,7-8,10-12H2,(H,26,27). The molecule has 0 saturated heterocycles. The summed E-state index contributed by atoms with van der Waals surface area (Å²) in [6.45, 7) is 0. The highest BCUT2D eigenvalue weighted by atomic mass is 35.5. The number of ether oxygens (including phenoxy) is 1. The topological polar surface area (TPSA) is 58.6 Å². The smallest absolute Gasteiger partial charge is 0.251 e. The van der Waals surface area contributed by atoms with Crippen LogP contribution in [0, 0.1) is 17.8 Å². The first-order valence-corrected chi connectivity index (χ1v) is 10.9. The second-order valence-electron chi connectivity index (χ2n) is 8.89. The van der Waals surface area contributed by atoms with E-state index in [0.717, 1.165) is 32.1 Å². The quantitative estimate of drug-likeness (QED) is 0.675. The van der Waals surface area contributed by atoms with Gasteiger partial charge in [-0.05, 0) is 92.3 Å². The summed E-state index contributed by atoms with van der Waals surface area (Å²) in [6, 6.07) is 12.3. The van der Waals surface area contributed by atoms with Gasteiger partial charge in [0.05, 0.1) is 10.6 Å². The van der Waals surface area contributed by atoms with Gasteiger partial charge >= 0.3 is 0 Å². The molecule has 4 bridgehead atoms. The molecule has 2 aromatic rings. The first-order valence-electron chi connectivity index (χ1n) is 10.1. The second kappa shape index (κ2) is 7.19. The minimum absolute atomic E-state index is 0.0643. The van der Waals surface area contributed by atoms with Gasteiger partial charge in [0, 0.05) is 16.6 Å². The fraction of sp³-hybridized carbons (Fsp3) is 0.435. The molecule has 0 aliphatic heterocycles. The molecule has 4 aliphatic carbocycles. The van der Waals surface area contributed by atoms with Crippen molar-refractivity contribution in [3.63, 3.8) is 0 Å². The van der Waals surface area contributed by atoms with E-state index in [0.29, 0.717) is 44.9 Å². The van der Waals surface area contributed by atoms with Crippen molar-refractivity contribution in [2.24, 2.45) is 17.8 Å². The minimum atomic E-state index is -0.486. The van der Waals surface area contributed by atoms with Gasteiger partial charge in [-0.2, -0.15) is 0 Å². The van der Waals surface area contributed by atoms with Crippen molar-refractivity contribution in [1.82, 2.24) is 5.32 Å². The van der Waals surface area contributed by atoms with Crippen LogP contribution in [0.5, 0.6) is 11.5 Å². The van der Waals surface area contributed by atoms with E-state index in [9.17, 15) is 9.90 Å². The number of hydrogen-bond donors (Lipinski definition) is 2. The molecular weight excluding hydrogens is 409 g/mol. The molecule has 2 aromatic carbocycles. The summed E-state index contributed by atoms with van der Waals surface area (Å²) in [6.07, 6.45) is 4.83. The first-order chi connectivity index (χ1) is 13.9. The summed E-state index contributed by atoms with van der Waals surface area (Å²) in [5.41, 5.74) is 0.117. The maximum atomic E-state index is 12.8. The van der Waals surface area contributed by atoms with Crippen molar-refractivity contribution in [2.45, 2.75) is 43.7 Å². The highest BCUT2D eigenvalue weighted by Gasteiger charge is 2.55.